The van der Waals surface area contributed by atoms with Gasteiger partial charge in [-0.15, -0.1) is 0 Å². The van der Waals surface area contributed by atoms with Gasteiger partial charge in [-0.1, -0.05) is 19.1 Å². The van der Waals surface area contributed by atoms with E-state index < -0.39 is 0 Å². The summed E-state index contributed by atoms with van der Waals surface area (Å²) in [4.78, 5) is 28.0. The molecule has 6 heteroatoms. The van der Waals surface area contributed by atoms with E-state index in [0.717, 1.165) is 15.8 Å². The number of rotatable bonds is 2. The number of ether oxygens (including phenoxy) is 1. The van der Waals surface area contributed by atoms with Gasteiger partial charge in [-0.3, -0.25) is 9.69 Å². The maximum Gasteiger partial charge on any atom is 0.327 e. The largest absolute Gasteiger partial charge is 0.492 e. The van der Waals surface area contributed by atoms with Crippen LogP contribution in [-0.2, 0) is 4.79 Å². The number of urea groups is 1. The fraction of sp³-hybridized carbons (Fsp3) is 0.467. The molecule has 0 spiro atoms. The van der Waals surface area contributed by atoms with Crippen molar-refractivity contribution in [1.82, 2.24) is 9.80 Å². The molecule has 0 bridgehead atoms. The molecule has 2 atom stereocenters. The number of benzene rings is 1. The Balaban J connectivity index is 2.01. The van der Waals surface area contributed by atoms with Gasteiger partial charge in [-0.2, -0.15) is 0 Å². The average Bonchev–Trinajstić information content (AvgIpc) is 2.69. The van der Waals surface area contributed by atoms with Crippen molar-refractivity contribution in [3.8, 4) is 5.75 Å². The first kappa shape index (κ1) is 14.4. The molecule has 0 aromatic heterocycles. The van der Waals surface area contributed by atoms with E-state index in [1.807, 2.05) is 25.1 Å². The Kier molecular flexibility index (Phi) is 3.65. The van der Waals surface area contributed by atoms with Gasteiger partial charge in [0.25, 0.3) is 5.91 Å². The number of para-hydroxylation sites is 1. The van der Waals surface area contributed by atoms with Crippen LogP contribution in [0.25, 0.3) is 0 Å². The Morgan fingerprint density at radius 3 is 2.81 bits per heavy atom. The first-order valence-electron chi connectivity index (χ1n) is 7.07. The molecule has 0 N–H and O–H groups in total. The van der Waals surface area contributed by atoms with Gasteiger partial charge in [0.05, 0.1) is 17.1 Å². The highest BCUT2D eigenvalue weighted by Crippen LogP contribution is 2.42. The summed E-state index contributed by atoms with van der Waals surface area (Å²) in [6.45, 7) is 2.42. The summed E-state index contributed by atoms with van der Waals surface area (Å²) in [5.41, 5.74) is 0.891. The lowest BCUT2D eigenvalue weighted by atomic mass is 9.99. The van der Waals surface area contributed by atoms with Crippen LogP contribution in [0.15, 0.2) is 22.7 Å². The number of amides is 3. The molecule has 3 rings (SSSR count). The monoisotopic (exact) mass is 352 g/mol. The van der Waals surface area contributed by atoms with Crippen LogP contribution in [0, 0.1) is 0 Å². The number of hydrogen-bond acceptors (Lipinski definition) is 3. The van der Waals surface area contributed by atoms with Gasteiger partial charge in [0.15, 0.2) is 0 Å². The van der Waals surface area contributed by atoms with E-state index in [2.05, 4.69) is 15.9 Å². The molecule has 0 unspecified atom stereocenters. The second-order valence-corrected chi connectivity index (χ2v) is 6.19. The summed E-state index contributed by atoms with van der Waals surface area (Å²) in [5.74, 6) is 0.625. The third-order valence-corrected chi connectivity index (χ3v) is 4.81. The Bertz CT molecular complexity index is 605. The molecular weight excluding hydrogens is 336 g/mol. The van der Waals surface area contributed by atoms with Crippen LogP contribution in [0.2, 0.25) is 0 Å². The van der Waals surface area contributed by atoms with Crippen molar-refractivity contribution in [2.45, 2.75) is 31.8 Å². The zero-order valence-corrected chi connectivity index (χ0v) is 13.6. The Morgan fingerprint density at radius 2 is 2.14 bits per heavy atom. The summed E-state index contributed by atoms with van der Waals surface area (Å²) in [5, 5.41) is 0. The van der Waals surface area contributed by atoms with Crippen LogP contribution in [0.3, 0.4) is 0 Å². The molecule has 21 heavy (non-hydrogen) atoms. The molecule has 1 saturated heterocycles. The van der Waals surface area contributed by atoms with Gasteiger partial charge in [0.2, 0.25) is 0 Å². The van der Waals surface area contributed by atoms with E-state index in [4.69, 9.17) is 4.74 Å². The average molecular weight is 353 g/mol. The van der Waals surface area contributed by atoms with Crippen LogP contribution in [0.5, 0.6) is 5.75 Å². The number of fused-ring (bicyclic) bond motifs is 1. The van der Waals surface area contributed by atoms with Crippen molar-refractivity contribution in [3.63, 3.8) is 0 Å². The van der Waals surface area contributed by atoms with Crippen molar-refractivity contribution in [3.05, 3.63) is 28.2 Å². The molecule has 3 amide bonds. The second kappa shape index (κ2) is 5.33. The van der Waals surface area contributed by atoms with Gasteiger partial charge < -0.3 is 9.64 Å². The van der Waals surface area contributed by atoms with Crippen molar-refractivity contribution in [2.24, 2.45) is 0 Å². The first-order valence-corrected chi connectivity index (χ1v) is 7.86. The van der Waals surface area contributed by atoms with E-state index in [-0.39, 0.29) is 24.0 Å². The van der Waals surface area contributed by atoms with Crippen LogP contribution in [-0.4, -0.2) is 41.4 Å². The van der Waals surface area contributed by atoms with Gasteiger partial charge in [-0.25, -0.2) is 4.79 Å². The zero-order chi connectivity index (χ0) is 15.1. The van der Waals surface area contributed by atoms with Crippen molar-refractivity contribution in [1.29, 1.82) is 0 Å². The molecule has 2 aliphatic rings. The second-order valence-electron chi connectivity index (χ2n) is 5.34. The predicted molar refractivity (Wildman–Crippen MR) is 81.1 cm³/mol. The summed E-state index contributed by atoms with van der Waals surface area (Å²) < 4.78 is 6.54. The third-order valence-electron chi connectivity index (χ3n) is 4.19. The van der Waals surface area contributed by atoms with Crippen LogP contribution in [0.4, 0.5) is 4.79 Å². The normalized spacial score (nSPS) is 25.1. The predicted octanol–water partition coefficient (Wildman–Crippen LogP) is 2.95. The summed E-state index contributed by atoms with van der Waals surface area (Å²) in [6.07, 6.45) is 1.26. The zero-order valence-electron chi connectivity index (χ0n) is 12.0. The van der Waals surface area contributed by atoms with Crippen molar-refractivity contribution in [2.75, 3.05) is 13.7 Å². The molecule has 0 saturated carbocycles. The molecule has 1 fully saturated rings. The Morgan fingerprint density at radius 1 is 1.38 bits per heavy atom. The molecule has 5 nitrogen and oxygen atoms in total. The fourth-order valence-electron chi connectivity index (χ4n) is 3.10. The van der Waals surface area contributed by atoms with Crippen molar-refractivity contribution >= 4 is 27.9 Å². The van der Waals surface area contributed by atoms with Crippen LogP contribution >= 0.6 is 15.9 Å². The molecule has 0 aliphatic carbocycles. The van der Waals surface area contributed by atoms with Gasteiger partial charge in [0, 0.05) is 19.0 Å². The lowest BCUT2D eigenvalue weighted by Gasteiger charge is -2.31. The topological polar surface area (TPSA) is 49.9 Å². The molecule has 1 aromatic rings. The molecule has 2 heterocycles. The van der Waals surface area contributed by atoms with Crippen molar-refractivity contribution < 1.29 is 14.3 Å². The van der Waals surface area contributed by atoms with Crippen LogP contribution < -0.4 is 4.74 Å². The number of carbonyl (C=O) groups is 2. The molecular formula is C15H17BrN2O3. The van der Waals surface area contributed by atoms with E-state index in [9.17, 15) is 9.59 Å². The highest BCUT2D eigenvalue weighted by atomic mass is 79.9. The minimum atomic E-state index is -0.351. The van der Waals surface area contributed by atoms with E-state index in [1.54, 1.807) is 7.05 Å². The van der Waals surface area contributed by atoms with E-state index >= 15 is 0 Å². The number of halogens is 1. The number of likely N-dealkylation sites (N-methyl/N-ethyl adjacent to an activating group) is 1. The van der Waals surface area contributed by atoms with Gasteiger partial charge >= 0.3 is 6.03 Å². The van der Waals surface area contributed by atoms with Crippen LogP contribution in [0.1, 0.15) is 31.4 Å². The minimum Gasteiger partial charge on any atom is -0.492 e. The summed E-state index contributed by atoms with van der Waals surface area (Å²) in [7, 11) is 1.69. The lowest BCUT2D eigenvalue weighted by Crippen LogP contribution is -2.38. The van der Waals surface area contributed by atoms with Gasteiger partial charge in [0.1, 0.15) is 11.8 Å². The van der Waals surface area contributed by atoms with E-state index in [1.165, 1.54) is 9.80 Å². The maximum atomic E-state index is 12.6. The number of imide groups is 1. The van der Waals surface area contributed by atoms with E-state index in [0.29, 0.717) is 19.4 Å². The highest BCUT2D eigenvalue weighted by Gasteiger charge is 2.47. The first-order chi connectivity index (χ1) is 10.1. The SMILES string of the molecule is CC[C@@H]1C(=O)N([C@H]2CCOc3c(Br)cccc32)C(=O)N1C. The lowest BCUT2D eigenvalue weighted by molar-refractivity contribution is -0.130. The molecule has 112 valence electrons. The molecule has 2 aliphatic heterocycles. The quantitative estimate of drug-likeness (QED) is 0.769. The summed E-state index contributed by atoms with van der Waals surface area (Å²) in [6, 6.07) is 4.90. The smallest absolute Gasteiger partial charge is 0.327 e. The van der Waals surface area contributed by atoms with Gasteiger partial charge in [-0.05, 0) is 28.4 Å². The Labute approximate surface area is 132 Å². The number of carbonyl (C=O) groups excluding carboxylic acids is 2. The maximum absolute atomic E-state index is 12.6. The number of nitrogens with zero attached hydrogens (tertiary/aromatic N) is 2. The highest BCUT2D eigenvalue weighted by molar-refractivity contribution is 9.10. The summed E-state index contributed by atoms with van der Waals surface area (Å²) >= 11 is 3.46. The minimum absolute atomic E-state index is 0.108. The standard InChI is InChI=1S/C15H17BrN2O3/c1-3-11-14(19)18(15(20)17(11)2)12-7-8-21-13-9(12)5-4-6-10(13)16/h4-6,11-12H,3,7-8H2,1-2H3/t11-,12+/m1/s1. The molecule has 0 radical (unpaired) electrons. The fourth-order valence-corrected chi connectivity index (χ4v) is 3.59. The Hall–Kier alpha value is -1.56. The third kappa shape index (κ3) is 2.12. The number of hydrogen-bond donors (Lipinski definition) is 0. The molecule has 1 aromatic carbocycles.